The number of rotatable bonds is 6. The number of hydrogen-bond donors (Lipinski definition) is 1. The molecule has 0 aliphatic carbocycles. The van der Waals surface area contributed by atoms with Gasteiger partial charge in [0.1, 0.15) is 0 Å². The van der Waals surface area contributed by atoms with Crippen LogP contribution in [-0.2, 0) is 11.2 Å². The lowest BCUT2D eigenvalue weighted by molar-refractivity contribution is -0.116. The van der Waals surface area contributed by atoms with Crippen molar-refractivity contribution in [2.45, 2.75) is 32.6 Å². The molecule has 1 aromatic carbocycles. The molecule has 0 bridgehead atoms. The van der Waals surface area contributed by atoms with Gasteiger partial charge in [0, 0.05) is 30.1 Å². The van der Waals surface area contributed by atoms with Crippen molar-refractivity contribution in [3.63, 3.8) is 0 Å². The zero-order valence-electron chi connectivity index (χ0n) is 14.4. The molecule has 4 nitrogen and oxygen atoms in total. The van der Waals surface area contributed by atoms with E-state index in [2.05, 4.69) is 41.3 Å². The summed E-state index contributed by atoms with van der Waals surface area (Å²) in [5.74, 6) is 0.495. The minimum Gasteiger partial charge on any atom is -0.326 e. The second-order valence-electron chi connectivity index (χ2n) is 6.17. The first-order chi connectivity index (χ1) is 12.1. The van der Waals surface area contributed by atoms with Crippen molar-refractivity contribution < 1.29 is 4.79 Å². The number of carbonyl (C=O) groups excluding carboxylic acids is 1. The molecular weight excluding hydrogens is 330 g/mol. The molecule has 0 spiro atoms. The number of anilines is 1. The van der Waals surface area contributed by atoms with Crippen LogP contribution < -0.4 is 5.32 Å². The third-order valence-electron chi connectivity index (χ3n) is 3.91. The summed E-state index contributed by atoms with van der Waals surface area (Å²) in [6.45, 7) is 4.31. The maximum absolute atomic E-state index is 12.1. The Morgan fingerprint density at radius 2 is 1.92 bits per heavy atom. The maximum Gasteiger partial charge on any atom is 0.224 e. The minimum absolute atomic E-state index is 0.00637. The molecule has 1 amide bonds. The van der Waals surface area contributed by atoms with E-state index in [9.17, 15) is 4.79 Å². The number of pyridine rings is 1. The topological polar surface area (TPSA) is 54.9 Å². The van der Waals surface area contributed by atoms with E-state index in [4.69, 9.17) is 0 Å². The monoisotopic (exact) mass is 351 g/mol. The van der Waals surface area contributed by atoms with Gasteiger partial charge >= 0.3 is 0 Å². The van der Waals surface area contributed by atoms with Crippen LogP contribution in [0, 0.1) is 0 Å². The Labute approximate surface area is 152 Å². The molecule has 1 N–H and O–H groups in total. The highest BCUT2D eigenvalue weighted by Gasteiger charge is 2.08. The summed E-state index contributed by atoms with van der Waals surface area (Å²) in [5.41, 5.74) is 3.83. The fourth-order valence-corrected chi connectivity index (χ4v) is 3.25. The lowest BCUT2D eigenvalue weighted by atomic mass is 10.0. The second kappa shape index (κ2) is 8.03. The smallest absolute Gasteiger partial charge is 0.224 e. The second-order valence-corrected chi connectivity index (χ2v) is 7.11. The van der Waals surface area contributed by atoms with Gasteiger partial charge in [0.25, 0.3) is 0 Å². The molecule has 0 aliphatic heterocycles. The van der Waals surface area contributed by atoms with Crippen molar-refractivity contribution in [2.24, 2.45) is 0 Å². The first-order valence-electron chi connectivity index (χ1n) is 8.37. The van der Waals surface area contributed by atoms with Gasteiger partial charge in [0.2, 0.25) is 5.91 Å². The summed E-state index contributed by atoms with van der Waals surface area (Å²) >= 11 is 1.57. The van der Waals surface area contributed by atoms with E-state index in [0.29, 0.717) is 18.8 Å². The predicted octanol–water partition coefficient (Wildman–Crippen LogP) is 4.90. The van der Waals surface area contributed by atoms with Gasteiger partial charge in [-0.05, 0) is 35.7 Å². The third kappa shape index (κ3) is 4.73. The SMILES string of the molecule is CC(C)c1ccc(NC(=O)CCc2nc(-c3ccccn3)cs2)cc1. The lowest BCUT2D eigenvalue weighted by Gasteiger charge is -2.08. The number of aromatic nitrogens is 2. The van der Waals surface area contributed by atoms with Gasteiger partial charge < -0.3 is 5.32 Å². The van der Waals surface area contributed by atoms with Crippen LogP contribution in [0.2, 0.25) is 0 Å². The maximum atomic E-state index is 12.1. The van der Waals surface area contributed by atoms with E-state index in [0.717, 1.165) is 22.1 Å². The van der Waals surface area contributed by atoms with Crippen LogP contribution >= 0.6 is 11.3 Å². The number of nitrogens with one attached hydrogen (secondary N) is 1. The van der Waals surface area contributed by atoms with E-state index >= 15 is 0 Å². The van der Waals surface area contributed by atoms with Crippen LogP contribution in [0.25, 0.3) is 11.4 Å². The summed E-state index contributed by atoms with van der Waals surface area (Å²) in [6, 6.07) is 13.8. The van der Waals surface area contributed by atoms with Crippen LogP contribution in [-0.4, -0.2) is 15.9 Å². The number of nitrogens with zero attached hydrogens (tertiary/aromatic N) is 2. The van der Waals surface area contributed by atoms with Gasteiger partial charge in [0.05, 0.1) is 16.4 Å². The van der Waals surface area contributed by atoms with Crippen molar-refractivity contribution in [1.82, 2.24) is 9.97 Å². The van der Waals surface area contributed by atoms with Gasteiger partial charge in [-0.1, -0.05) is 32.0 Å². The van der Waals surface area contributed by atoms with E-state index < -0.39 is 0 Å². The number of benzene rings is 1. The average molecular weight is 351 g/mol. The van der Waals surface area contributed by atoms with E-state index in [1.165, 1.54) is 5.56 Å². The van der Waals surface area contributed by atoms with Gasteiger partial charge in [-0.3, -0.25) is 9.78 Å². The number of hydrogen-bond acceptors (Lipinski definition) is 4. The number of carbonyl (C=O) groups is 1. The Morgan fingerprint density at radius 1 is 1.12 bits per heavy atom. The van der Waals surface area contributed by atoms with Crippen molar-refractivity contribution in [3.05, 3.63) is 64.6 Å². The highest BCUT2D eigenvalue weighted by molar-refractivity contribution is 7.09. The molecule has 3 aromatic rings. The standard InChI is InChI=1S/C20H21N3OS/c1-14(2)15-6-8-16(9-7-15)22-19(24)10-11-20-23-18(13-25-20)17-5-3-4-12-21-17/h3-9,12-14H,10-11H2,1-2H3,(H,22,24). The number of aryl methyl sites for hydroxylation is 1. The van der Waals surface area contributed by atoms with E-state index in [-0.39, 0.29) is 5.91 Å². The fourth-order valence-electron chi connectivity index (χ4n) is 2.45. The zero-order chi connectivity index (χ0) is 17.6. The molecule has 25 heavy (non-hydrogen) atoms. The van der Waals surface area contributed by atoms with Crippen LogP contribution in [0.1, 0.15) is 36.8 Å². The van der Waals surface area contributed by atoms with E-state index in [1.807, 2.05) is 35.7 Å². The fraction of sp³-hybridized carbons (Fsp3) is 0.250. The molecule has 0 unspecified atom stereocenters. The van der Waals surface area contributed by atoms with Crippen molar-refractivity contribution >= 4 is 22.9 Å². The highest BCUT2D eigenvalue weighted by Crippen LogP contribution is 2.21. The van der Waals surface area contributed by atoms with Crippen LogP contribution in [0.4, 0.5) is 5.69 Å². The summed E-state index contributed by atoms with van der Waals surface area (Å²) in [4.78, 5) is 21.0. The van der Waals surface area contributed by atoms with Crippen LogP contribution in [0.5, 0.6) is 0 Å². The molecule has 0 fully saturated rings. The molecule has 2 aromatic heterocycles. The Bertz CT molecular complexity index is 826. The molecule has 0 saturated carbocycles. The van der Waals surface area contributed by atoms with Gasteiger partial charge in [-0.15, -0.1) is 11.3 Å². The van der Waals surface area contributed by atoms with Crippen LogP contribution in [0.3, 0.4) is 0 Å². The zero-order valence-corrected chi connectivity index (χ0v) is 15.2. The quantitative estimate of drug-likeness (QED) is 0.687. The number of thiazole rings is 1. The molecule has 3 rings (SSSR count). The molecule has 0 saturated heterocycles. The lowest BCUT2D eigenvalue weighted by Crippen LogP contribution is -2.12. The van der Waals surface area contributed by atoms with Gasteiger partial charge in [0.15, 0.2) is 0 Å². The van der Waals surface area contributed by atoms with Crippen LogP contribution in [0.15, 0.2) is 54.0 Å². The number of amides is 1. The molecule has 0 atom stereocenters. The first-order valence-corrected chi connectivity index (χ1v) is 9.25. The average Bonchev–Trinajstić information content (AvgIpc) is 3.10. The Morgan fingerprint density at radius 3 is 2.60 bits per heavy atom. The predicted molar refractivity (Wildman–Crippen MR) is 103 cm³/mol. The highest BCUT2D eigenvalue weighted by atomic mass is 32.1. The Balaban J connectivity index is 1.53. The minimum atomic E-state index is 0.00637. The van der Waals surface area contributed by atoms with Crippen molar-refractivity contribution in [1.29, 1.82) is 0 Å². The van der Waals surface area contributed by atoms with Crippen molar-refractivity contribution in [2.75, 3.05) is 5.32 Å². The first kappa shape index (κ1) is 17.3. The summed E-state index contributed by atoms with van der Waals surface area (Å²) in [5, 5.41) is 5.88. The summed E-state index contributed by atoms with van der Waals surface area (Å²) in [7, 11) is 0. The molecule has 2 heterocycles. The normalized spacial score (nSPS) is 10.8. The molecule has 0 radical (unpaired) electrons. The largest absolute Gasteiger partial charge is 0.326 e. The molecule has 5 heteroatoms. The summed E-state index contributed by atoms with van der Waals surface area (Å²) in [6.07, 6.45) is 2.81. The molecular formula is C20H21N3OS. The third-order valence-corrected chi connectivity index (χ3v) is 4.81. The van der Waals surface area contributed by atoms with E-state index in [1.54, 1.807) is 17.5 Å². The molecule has 128 valence electrons. The molecule has 0 aliphatic rings. The van der Waals surface area contributed by atoms with Crippen molar-refractivity contribution in [3.8, 4) is 11.4 Å². The Hall–Kier alpha value is -2.53. The van der Waals surface area contributed by atoms with Gasteiger partial charge in [-0.25, -0.2) is 4.98 Å². The van der Waals surface area contributed by atoms with Gasteiger partial charge in [-0.2, -0.15) is 0 Å². The Kier molecular flexibility index (Phi) is 5.56. The summed E-state index contributed by atoms with van der Waals surface area (Å²) < 4.78 is 0.